The minimum absolute atomic E-state index is 0.0948. The third-order valence-electron chi connectivity index (χ3n) is 4.19. The van der Waals surface area contributed by atoms with Crippen molar-refractivity contribution >= 4 is 32.2 Å². The third kappa shape index (κ3) is 3.41. The van der Waals surface area contributed by atoms with Gasteiger partial charge in [0.25, 0.3) is 5.91 Å². The predicted octanol–water partition coefficient (Wildman–Crippen LogP) is 1.04. The Kier molecular flexibility index (Phi) is 4.19. The van der Waals surface area contributed by atoms with E-state index in [9.17, 15) is 13.2 Å². The zero-order valence-electron chi connectivity index (χ0n) is 13.3. The smallest absolute Gasteiger partial charge is 0.274 e. The zero-order chi connectivity index (χ0) is 16.8. The normalized spacial score (nSPS) is 22.3. The first kappa shape index (κ1) is 16.4. The summed E-state index contributed by atoms with van der Waals surface area (Å²) in [6.07, 6.45) is 4.73. The van der Waals surface area contributed by atoms with E-state index in [1.165, 1.54) is 11.3 Å². The molecule has 3 rings (SSSR count). The molecule has 9 heteroatoms. The number of hydrogen-bond acceptors (Lipinski definition) is 5. The number of amides is 1. The van der Waals surface area contributed by atoms with Crippen molar-refractivity contribution in [3.05, 3.63) is 23.5 Å². The number of aromatic nitrogens is 2. The molecule has 0 aliphatic carbocycles. The summed E-state index contributed by atoms with van der Waals surface area (Å²) < 4.78 is 27.6. The number of rotatable bonds is 4. The van der Waals surface area contributed by atoms with Crippen molar-refractivity contribution in [3.8, 4) is 0 Å². The van der Waals surface area contributed by atoms with Gasteiger partial charge in [0.1, 0.15) is 5.69 Å². The van der Waals surface area contributed by atoms with E-state index in [4.69, 9.17) is 0 Å². The highest BCUT2D eigenvalue weighted by Gasteiger charge is 2.39. The average Bonchev–Trinajstić information content (AvgIpc) is 3.08. The summed E-state index contributed by atoms with van der Waals surface area (Å²) in [7, 11) is -3.31. The number of carbonyl (C=O) groups excluding carboxylic acids is 1. The van der Waals surface area contributed by atoms with Crippen LogP contribution in [0.1, 0.15) is 24.3 Å². The molecule has 1 aliphatic heterocycles. The molecule has 0 spiro atoms. The first-order valence-electron chi connectivity index (χ1n) is 7.43. The number of nitrogens with zero attached hydrogens (tertiary/aromatic N) is 3. The van der Waals surface area contributed by atoms with E-state index in [1.807, 2.05) is 29.8 Å². The van der Waals surface area contributed by atoms with Gasteiger partial charge in [-0.2, -0.15) is 0 Å². The molecule has 2 unspecified atom stereocenters. The van der Waals surface area contributed by atoms with Crippen LogP contribution in [0.4, 0.5) is 0 Å². The maximum absolute atomic E-state index is 12.7. The minimum atomic E-state index is -3.31. The van der Waals surface area contributed by atoms with E-state index < -0.39 is 10.0 Å². The molecule has 1 amide bonds. The molecule has 0 aromatic carbocycles. The fourth-order valence-electron chi connectivity index (χ4n) is 3.06. The minimum Gasteiger partial charge on any atom is -0.335 e. The van der Waals surface area contributed by atoms with Crippen molar-refractivity contribution in [1.82, 2.24) is 19.0 Å². The molecule has 0 radical (unpaired) electrons. The predicted molar refractivity (Wildman–Crippen MR) is 89.1 cm³/mol. The molecule has 2 aromatic heterocycles. The van der Waals surface area contributed by atoms with Gasteiger partial charge in [-0.3, -0.25) is 9.20 Å². The average molecular weight is 356 g/mol. The van der Waals surface area contributed by atoms with Crippen LogP contribution in [0.5, 0.6) is 0 Å². The molecule has 126 valence electrons. The topological polar surface area (TPSA) is 83.8 Å². The van der Waals surface area contributed by atoms with Crippen molar-refractivity contribution in [2.24, 2.45) is 11.8 Å². The van der Waals surface area contributed by atoms with Crippen LogP contribution < -0.4 is 4.72 Å². The largest absolute Gasteiger partial charge is 0.335 e. The number of fused-ring (bicyclic) bond motifs is 1. The molecular formula is C14H20N4O3S2. The van der Waals surface area contributed by atoms with E-state index in [-0.39, 0.29) is 23.8 Å². The van der Waals surface area contributed by atoms with Gasteiger partial charge in [-0.1, -0.05) is 13.8 Å². The Labute approximate surface area is 139 Å². The molecule has 1 N–H and O–H groups in total. The zero-order valence-corrected chi connectivity index (χ0v) is 14.9. The maximum Gasteiger partial charge on any atom is 0.274 e. The molecule has 3 heterocycles. The maximum atomic E-state index is 12.7. The third-order valence-corrected chi connectivity index (χ3v) is 5.69. The van der Waals surface area contributed by atoms with Gasteiger partial charge in [0.2, 0.25) is 10.0 Å². The molecule has 0 bridgehead atoms. The van der Waals surface area contributed by atoms with Gasteiger partial charge in [0.05, 0.1) is 6.26 Å². The van der Waals surface area contributed by atoms with Gasteiger partial charge in [-0.05, 0) is 11.8 Å². The van der Waals surface area contributed by atoms with Gasteiger partial charge in [0.15, 0.2) is 4.96 Å². The van der Waals surface area contributed by atoms with Crippen LogP contribution in [0.2, 0.25) is 0 Å². The van der Waals surface area contributed by atoms with E-state index in [2.05, 4.69) is 9.71 Å². The van der Waals surface area contributed by atoms with E-state index in [0.717, 1.165) is 11.2 Å². The molecule has 7 nitrogen and oxygen atoms in total. The van der Waals surface area contributed by atoms with Gasteiger partial charge in [-0.25, -0.2) is 18.1 Å². The second-order valence-corrected chi connectivity index (χ2v) is 8.99. The SMILES string of the molecule is CC(C)C1CN(C(=O)c2cn3ccsc3n2)CC1NS(C)(=O)=O. The lowest BCUT2D eigenvalue weighted by Gasteiger charge is -2.21. The summed E-state index contributed by atoms with van der Waals surface area (Å²) in [6, 6.07) is -0.252. The van der Waals surface area contributed by atoms with Crippen LogP contribution in [0.3, 0.4) is 0 Å². The van der Waals surface area contributed by atoms with E-state index in [1.54, 1.807) is 11.1 Å². The van der Waals surface area contributed by atoms with Crippen molar-refractivity contribution in [1.29, 1.82) is 0 Å². The Morgan fingerprint density at radius 3 is 2.78 bits per heavy atom. The number of imidazole rings is 1. The van der Waals surface area contributed by atoms with Gasteiger partial charge < -0.3 is 4.90 Å². The molecule has 1 saturated heterocycles. The van der Waals surface area contributed by atoms with Crippen LogP contribution in [0, 0.1) is 11.8 Å². The van der Waals surface area contributed by atoms with E-state index in [0.29, 0.717) is 18.8 Å². The molecule has 1 fully saturated rings. The fourth-order valence-corrected chi connectivity index (χ4v) is 4.56. The van der Waals surface area contributed by atoms with Gasteiger partial charge in [-0.15, -0.1) is 11.3 Å². The second-order valence-electron chi connectivity index (χ2n) is 6.33. The molecule has 23 heavy (non-hydrogen) atoms. The molecular weight excluding hydrogens is 336 g/mol. The van der Waals surface area contributed by atoms with Gasteiger partial charge in [0, 0.05) is 36.9 Å². The highest BCUT2D eigenvalue weighted by Crippen LogP contribution is 2.26. The first-order chi connectivity index (χ1) is 10.7. The fraction of sp³-hybridized carbons (Fsp3) is 0.571. The number of hydrogen-bond donors (Lipinski definition) is 1. The number of sulfonamides is 1. The van der Waals surface area contributed by atoms with Crippen LogP contribution in [0.15, 0.2) is 17.8 Å². The molecule has 1 aliphatic rings. The standard InChI is InChI=1S/C14H20N4O3S2/c1-9(2)10-6-18(7-11(10)16-23(3,20)21)13(19)12-8-17-4-5-22-14(17)15-12/h4-5,8-11,16H,6-7H2,1-3H3. The summed E-state index contributed by atoms with van der Waals surface area (Å²) in [5.74, 6) is 0.222. The highest BCUT2D eigenvalue weighted by molar-refractivity contribution is 7.88. The van der Waals surface area contributed by atoms with Crippen LogP contribution in [-0.2, 0) is 10.0 Å². The Bertz CT molecular complexity index is 796. The quantitative estimate of drug-likeness (QED) is 0.887. The summed E-state index contributed by atoms with van der Waals surface area (Å²) in [4.78, 5) is 19.5. The van der Waals surface area contributed by atoms with Gasteiger partial charge >= 0.3 is 0 Å². The number of nitrogens with one attached hydrogen (secondary N) is 1. The first-order valence-corrected chi connectivity index (χ1v) is 10.2. The Morgan fingerprint density at radius 1 is 1.43 bits per heavy atom. The molecule has 2 atom stereocenters. The van der Waals surface area contributed by atoms with Crippen molar-refractivity contribution in [3.63, 3.8) is 0 Å². The summed E-state index contributed by atoms with van der Waals surface area (Å²) >= 11 is 1.47. The summed E-state index contributed by atoms with van der Waals surface area (Å²) in [5, 5.41) is 1.91. The van der Waals surface area contributed by atoms with Crippen LogP contribution >= 0.6 is 11.3 Å². The molecule has 0 saturated carbocycles. The lowest BCUT2D eigenvalue weighted by atomic mass is 9.92. The molecule has 2 aromatic rings. The van der Waals surface area contributed by atoms with Crippen molar-refractivity contribution in [2.45, 2.75) is 19.9 Å². The van der Waals surface area contributed by atoms with Crippen LogP contribution in [-0.4, -0.2) is 54.0 Å². The highest BCUT2D eigenvalue weighted by atomic mass is 32.2. The number of thiazole rings is 1. The summed E-state index contributed by atoms with van der Waals surface area (Å²) in [5.41, 5.74) is 0.402. The second kappa shape index (κ2) is 5.88. The van der Waals surface area contributed by atoms with Crippen molar-refractivity contribution in [2.75, 3.05) is 19.3 Å². The van der Waals surface area contributed by atoms with Crippen LogP contribution in [0.25, 0.3) is 4.96 Å². The lowest BCUT2D eigenvalue weighted by molar-refractivity contribution is 0.0778. The Balaban J connectivity index is 1.80. The lowest BCUT2D eigenvalue weighted by Crippen LogP contribution is -2.41. The Hall–Kier alpha value is -1.45. The monoisotopic (exact) mass is 356 g/mol. The van der Waals surface area contributed by atoms with E-state index >= 15 is 0 Å². The Morgan fingerprint density at radius 2 is 2.17 bits per heavy atom. The number of carbonyl (C=O) groups is 1. The summed E-state index contributed by atoms with van der Waals surface area (Å²) in [6.45, 7) is 5.00. The van der Waals surface area contributed by atoms with Crippen molar-refractivity contribution < 1.29 is 13.2 Å². The number of likely N-dealkylation sites (tertiary alicyclic amines) is 1.